The number of nitrogen functional groups attached to an aromatic ring is 1. The van der Waals surface area contributed by atoms with Crippen LogP contribution in [0.25, 0.3) is 0 Å². The molecule has 0 aromatic heterocycles. The number of anilines is 1. The van der Waals surface area contributed by atoms with Crippen LogP contribution in [-0.2, 0) is 4.79 Å². The summed E-state index contributed by atoms with van der Waals surface area (Å²) >= 11 is 0. The topological polar surface area (TPSA) is 92.4 Å². The van der Waals surface area contributed by atoms with Crippen LogP contribution in [-0.4, -0.2) is 23.0 Å². The number of rotatable bonds is 6. The Hall–Kier alpha value is -2.04. The molecule has 0 saturated carbocycles. The minimum absolute atomic E-state index is 0.0685. The first-order valence-corrected chi connectivity index (χ1v) is 6.33. The van der Waals surface area contributed by atoms with Crippen molar-refractivity contribution in [3.8, 4) is 0 Å². The van der Waals surface area contributed by atoms with Gasteiger partial charge in [-0.3, -0.25) is 9.59 Å². The maximum atomic E-state index is 12.1. The van der Waals surface area contributed by atoms with Gasteiger partial charge in [0, 0.05) is 17.3 Å². The number of nitrogens with two attached hydrogens (primary N) is 1. The summed E-state index contributed by atoms with van der Waals surface area (Å²) in [4.78, 5) is 22.9. The quantitative estimate of drug-likeness (QED) is 0.685. The van der Waals surface area contributed by atoms with Crippen LogP contribution in [0.3, 0.4) is 0 Å². The Morgan fingerprint density at radius 2 is 2.11 bits per heavy atom. The molecule has 0 saturated heterocycles. The van der Waals surface area contributed by atoms with E-state index >= 15 is 0 Å². The average molecular weight is 264 g/mol. The van der Waals surface area contributed by atoms with E-state index in [9.17, 15) is 9.59 Å². The van der Waals surface area contributed by atoms with E-state index in [1.54, 1.807) is 25.1 Å². The van der Waals surface area contributed by atoms with Crippen molar-refractivity contribution in [3.63, 3.8) is 0 Å². The zero-order valence-electron chi connectivity index (χ0n) is 11.3. The second kappa shape index (κ2) is 6.78. The SMILES string of the molecule is CCCC(CC(=O)O)NC(=O)c1cccc(N)c1C. The number of carboxylic acid groups (broad SMARTS) is 1. The minimum Gasteiger partial charge on any atom is -0.481 e. The molecule has 0 aliphatic rings. The Morgan fingerprint density at radius 3 is 2.68 bits per heavy atom. The Morgan fingerprint density at radius 1 is 1.42 bits per heavy atom. The molecule has 1 amide bonds. The molecule has 0 radical (unpaired) electrons. The predicted octanol–water partition coefficient (Wildman–Crippen LogP) is 1.95. The smallest absolute Gasteiger partial charge is 0.305 e. The van der Waals surface area contributed by atoms with Crippen molar-refractivity contribution in [2.45, 2.75) is 39.2 Å². The number of carbonyl (C=O) groups is 2. The molecule has 1 aromatic carbocycles. The third-order valence-electron chi connectivity index (χ3n) is 3.01. The summed E-state index contributed by atoms with van der Waals surface area (Å²) in [6.07, 6.45) is 1.38. The van der Waals surface area contributed by atoms with Gasteiger partial charge in [-0.25, -0.2) is 0 Å². The molecule has 19 heavy (non-hydrogen) atoms. The first kappa shape index (κ1) is 15.0. The van der Waals surface area contributed by atoms with Crippen molar-refractivity contribution in [3.05, 3.63) is 29.3 Å². The van der Waals surface area contributed by atoms with Gasteiger partial charge in [0.2, 0.25) is 0 Å². The van der Waals surface area contributed by atoms with Crippen molar-refractivity contribution in [1.82, 2.24) is 5.32 Å². The van der Waals surface area contributed by atoms with Crippen LogP contribution in [0.2, 0.25) is 0 Å². The first-order chi connectivity index (χ1) is 8.95. The zero-order valence-corrected chi connectivity index (χ0v) is 11.3. The number of hydrogen-bond acceptors (Lipinski definition) is 3. The largest absolute Gasteiger partial charge is 0.481 e. The van der Waals surface area contributed by atoms with E-state index in [4.69, 9.17) is 10.8 Å². The summed E-state index contributed by atoms with van der Waals surface area (Å²) in [7, 11) is 0. The molecule has 0 aliphatic carbocycles. The summed E-state index contributed by atoms with van der Waals surface area (Å²) < 4.78 is 0. The minimum atomic E-state index is -0.914. The van der Waals surface area contributed by atoms with E-state index in [2.05, 4.69) is 5.32 Å². The molecule has 0 heterocycles. The van der Waals surface area contributed by atoms with Crippen LogP contribution >= 0.6 is 0 Å². The van der Waals surface area contributed by atoms with Gasteiger partial charge in [0.15, 0.2) is 0 Å². The van der Waals surface area contributed by atoms with E-state index in [1.165, 1.54) is 0 Å². The van der Waals surface area contributed by atoms with Crippen molar-refractivity contribution in [1.29, 1.82) is 0 Å². The molecule has 5 heteroatoms. The first-order valence-electron chi connectivity index (χ1n) is 6.33. The fourth-order valence-electron chi connectivity index (χ4n) is 1.95. The fourth-order valence-corrected chi connectivity index (χ4v) is 1.95. The summed E-state index contributed by atoms with van der Waals surface area (Å²) in [5, 5.41) is 11.6. The fraction of sp³-hybridized carbons (Fsp3) is 0.429. The molecular formula is C14H20N2O3. The molecule has 1 unspecified atom stereocenters. The lowest BCUT2D eigenvalue weighted by atomic mass is 10.0. The zero-order chi connectivity index (χ0) is 14.4. The van der Waals surface area contributed by atoms with Crippen LogP contribution in [0, 0.1) is 6.92 Å². The highest BCUT2D eigenvalue weighted by atomic mass is 16.4. The van der Waals surface area contributed by atoms with Gasteiger partial charge in [-0.15, -0.1) is 0 Å². The number of aliphatic carboxylic acids is 1. The number of carboxylic acids is 1. The molecule has 104 valence electrons. The molecule has 1 aromatic rings. The lowest BCUT2D eigenvalue weighted by molar-refractivity contribution is -0.137. The Labute approximate surface area is 112 Å². The van der Waals surface area contributed by atoms with E-state index in [-0.39, 0.29) is 18.4 Å². The molecular weight excluding hydrogens is 244 g/mol. The number of nitrogens with one attached hydrogen (secondary N) is 1. The predicted molar refractivity (Wildman–Crippen MR) is 74.0 cm³/mol. The van der Waals surface area contributed by atoms with E-state index in [1.807, 2.05) is 6.92 Å². The average Bonchev–Trinajstić information content (AvgIpc) is 2.32. The molecule has 1 rings (SSSR count). The van der Waals surface area contributed by atoms with Crippen molar-refractivity contribution < 1.29 is 14.7 Å². The highest BCUT2D eigenvalue weighted by Gasteiger charge is 2.17. The molecule has 0 fully saturated rings. The second-order valence-electron chi connectivity index (χ2n) is 4.58. The van der Waals surface area contributed by atoms with Gasteiger partial charge < -0.3 is 16.2 Å². The third kappa shape index (κ3) is 4.28. The Kier molecular flexibility index (Phi) is 5.36. The van der Waals surface area contributed by atoms with Crippen LogP contribution in [0.1, 0.15) is 42.1 Å². The monoisotopic (exact) mass is 264 g/mol. The summed E-state index contributed by atoms with van der Waals surface area (Å²) in [6, 6.07) is 4.77. The van der Waals surface area contributed by atoms with Crippen LogP contribution in [0.5, 0.6) is 0 Å². The molecule has 4 N–H and O–H groups in total. The van der Waals surface area contributed by atoms with Gasteiger partial charge in [-0.05, 0) is 31.0 Å². The molecule has 5 nitrogen and oxygen atoms in total. The lowest BCUT2D eigenvalue weighted by Crippen LogP contribution is -2.36. The standard InChI is InChI=1S/C14H20N2O3/c1-3-5-10(8-13(17)18)16-14(19)11-6-4-7-12(15)9(11)2/h4,6-7,10H,3,5,8,15H2,1-2H3,(H,16,19)(H,17,18). The highest BCUT2D eigenvalue weighted by Crippen LogP contribution is 2.16. The molecule has 0 bridgehead atoms. The highest BCUT2D eigenvalue weighted by molar-refractivity contribution is 5.97. The van der Waals surface area contributed by atoms with Gasteiger partial charge in [-0.1, -0.05) is 19.4 Å². The third-order valence-corrected chi connectivity index (χ3v) is 3.01. The van der Waals surface area contributed by atoms with Crippen molar-refractivity contribution in [2.75, 3.05) is 5.73 Å². The second-order valence-corrected chi connectivity index (χ2v) is 4.58. The molecule has 0 aliphatic heterocycles. The van der Waals surface area contributed by atoms with Gasteiger partial charge in [0.05, 0.1) is 6.42 Å². The number of hydrogen-bond donors (Lipinski definition) is 3. The van der Waals surface area contributed by atoms with Gasteiger partial charge >= 0.3 is 5.97 Å². The maximum absolute atomic E-state index is 12.1. The van der Waals surface area contributed by atoms with Crippen LogP contribution in [0.15, 0.2) is 18.2 Å². The van der Waals surface area contributed by atoms with E-state index in [0.717, 1.165) is 6.42 Å². The van der Waals surface area contributed by atoms with Gasteiger partial charge in [0.1, 0.15) is 0 Å². The van der Waals surface area contributed by atoms with E-state index < -0.39 is 5.97 Å². The van der Waals surface area contributed by atoms with E-state index in [0.29, 0.717) is 23.2 Å². The van der Waals surface area contributed by atoms with Crippen LogP contribution in [0.4, 0.5) is 5.69 Å². The number of carbonyl (C=O) groups excluding carboxylic acids is 1. The summed E-state index contributed by atoms with van der Waals surface area (Å²) in [5.74, 6) is -1.19. The summed E-state index contributed by atoms with van der Waals surface area (Å²) in [6.45, 7) is 3.73. The number of benzene rings is 1. The van der Waals surface area contributed by atoms with Crippen LogP contribution < -0.4 is 11.1 Å². The van der Waals surface area contributed by atoms with Gasteiger partial charge in [-0.2, -0.15) is 0 Å². The van der Waals surface area contributed by atoms with Crippen molar-refractivity contribution in [2.24, 2.45) is 0 Å². The normalized spacial score (nSPS) is 11.9. The van der Waals surface area contributed by atoms with Gasteiger partial charge in [0.25, 0.3) is 5.91 Å². The Bertz CT molecular complexity index is 472. The molecule has 1 atom stereocenters. The molecule has 0 spiro atoms. The number of amides is 1. The summed E-state index contributed by atoms with van der Waals surface area (Å²) in [5.41, 5.74) is 7.51. The Balaban J connectivity index is 2.81. The maximum Gasteiger partial charge on any atom is 0.305 e. The lowest BCUT2D eigenvalue weighted by Gasteiger charge is -2.17. The van der Waals surface area contributed by atoms with Crippen molar-refractivity contribution >= 4 is 17.6 Å².